The average Bonchev–Trinajstić information content (AvgIpc) is 2.97. The zero-order chi connectivity index (χ0) is 17.3. The minimum Gasteiger partial charge on any atom is -0.479 e. The van der Waals surface area contributed by atoms with Crippen LogP contribution in [0.2, 0.25) is 5.02 Å². The van der Waals surface area contributed by atoms with E-state index in [0.29, 0.717) is 27.9 Å². The molecule has 0 aliphatic carbocycles. The summed E-state index contributed by atoms with van der Waals surface area (Å²) in [4.78, 5) is 17.0. The van der Waals surface area contributed by atoms with Gasteiger partial charge in [-0.3, -0.25) is 4.90 Å². The first-order chi connectivity index (χ1) is 11.4. The van der Waals surface area contributed by atoms with Gasteiger partial charge in [0.05, 0.1) is 0 Å². The molecule has 0 saturated carbocycles. The smallest absolute Gasteiger partial charge is 0.344 e. The molecule has 0 bridgehead atoms. The number of nitrogens with zero attached hydrogens (tertiary/aromatic N) is 2. The highest BCUT2D eigenvalue weighted by atomic mass is 35.5. The van der Waals surface area contributed by atoms with E-state index in [1.165, 1.54) is 6.92 Å². The van der Waals surface area contributed by atoms with Crippen molar-refractivity contribution in [3.63, 3.8) is 0 Å². The number of carboxylic acid groups (broad SMARTS) is 1. The van der Waals surface area contributed by atoms with E-state index < -0.39 is 12.1 Å². The Balaban J connectivity index is 1.81. The first-order valence-electron chi connectivity index (χ1n) is 7.23. The Morgan fingerprint density at radius 2 is 2.00 bits per heavy atom. The lowest BCUT2D eigenvalue weighted by Crippen LogP contribution is -2.22. The summed E-state index contributed by atoms with van der Waals surface area (Å²) in [7, 11) is 1.82. The minimum atomic E-state index is -1.01. The van der Waals surface area contributed by atoms with Crippen LogP contribution in [0.1, 0.15) is 6.92 Å². The van der Waals surface area contributed by atoms with Gasteiger partial charge in [-0.2, -0.15) is 4.98 Å². The Morgan fingerprint density at radius 3 is 2.67 bits per heavy atom. The van der Waals surface area contributed by atoms with E-state index in [-0.39, 0.29) is 0 Å². The number of carbonyl (C=O) groups is 1. The summed E-state index contributed by atoms with van der Waals surface area (Å²) in [5.41, 5.74) is 2.15. The highest BCUT2D eigenvalue weighted by Crippen LogP contribution is 2.29. The summed E-state index contributed by atoms with van der Waals surface area (Å²) >= 11 is 5.95. The quantitative estimate of drug-likeness (QED) is 0.749. The number of rotatable bonds is 5. The number of benzene rings is 2. The highest BCUT2D eigenvalue weighted by molar-refractivity contribution is 6.31. The van der Waals surface area contributed by atoms with Gasteiger partial charge in [-0.1, -0.05) is 11.6 Å². The van der Waals surface area contributed by atoms with Crippen LogP contribution in [0.15, 0.2) is 46.9 Å². The molecule has 0 aliphatic heterocycles. The third-order valence-corrected chi connectivity index (χ3v) is 3.74. The van der Waals surface area contributed by atoms with Gasteiger partial charge in [0, 0.05) is 17.8 Å². The van der Waals surface area contributed by atoms with Crippen LogP contribution in [0, 0.1) is 0 Å². The van der Waals surface area contributed by atoms with Gasteiger partial charge in [-0.15, -0.1) is 0 Å². The second-order valence-electron chi connectivity index (χ2n) is 5.26. The summed E-state index contributed by atoms with van der Waals surface area (Å²) in [6.45, 7) is 1.48. The van der Waals surface area contributed by atoms with Gasteiger partial charge in [-0.25, -0.2) is 4.79 Å². The van der Waals surface area contributed by atoms with Crippen molar-refractivity contribution in [3.8, 4) is 5.75 Å². The van der Waals surface area contributed by atoms with Gasteiger partial charge in [0.15, 0.2) is 11.7 Å². The standard InChI is InChI=1S/C17H15ClN2O4/c1-10(16(21)22)23-13-6-4-12(5-7-13)20(2)17-19-14-9-11(18)3-8-15(14)24-17/h3-10H,1-2H3,(H,21,22). The lowest BCUT2D eigenvalue weighted by Gasteiger charge is -2.16. The summed E-state index contributed by atoms with van der Waals surface area (Å²) in [6.07, 6.45) is -0.907. The van der Waals surface area contributed by atoms with Crippen molar-refractivity contribution < 1.29 is 19.1 Å². The lowest BCUT2D eigenvalue weighted by atomic mass is 10.3. The molecule has 0 radical (unpaired) electrons. The molecule has 0 fully saturated rings. The molecule has 1 N–H and O–H groups in total. The van der Waals surface area contributed by atoms with Crippen LogP contribution in [-0.2, 0) is 4.79 Å². The van der Waals surface area contributed by atoms with Crippen LogP contribution in [0.3, 0.4) is 0 Å². The number of fused-ring (bicyclic) bond motifs is 1. The topological polar surface area (TPSA) is 75.8 Å². The van der Waals surface area contributed by atoms with Gasteiger partial charge in [0.25, 0.3) is 0 Å². The number of aliphatic carboxylic acids is 1. The van der Waals surface area contributed by atoms with Gasteiger partial charge < -0.3 is 14.3 Å². The molecule has 24 heavy (non-hydrogen) atoms. The van der Waals surface area contributed by atoms with Crippen LogP contribution in [-0.4, -0.2) is 29.2 Å². The second-order valence-corrected chi connectivity index (χ2v) is 5.70. The molecule has 2 aromatic carbocycles. The normalized spacial score (nSPS) is 12.1. The summed E-state index contributed by atoms with van der Waals surface area (Å²) in [5.74, 6) is -0.535. The minimum absolute atomic E-state index is 0.430. The predicted octanol–water partition coefficient (Wildman–Crippen LogP) is 4.10. The predicted molar refractivity (Wildman–Crippen MR) is 91.2 cm³/mol. The van der Waals surface area contributed by atoms with E-state index in [2.05, 4.69) is 4.98 Å². The van der Waals surface area contributed by atoms with Crippen molar-refractivity contribution in [2.75, 3.05) is 11.9 Å². The van der Waals surface area contributed by atoms with E-state index in [1.54, 1.807) is 47.4 Å². The molecule has 7 heteroatoms. The Hall–Kier alpha value is -2.73. The fraction of sp³-hybridized carbons (Fsp3) is 0.176. The van der Waals surface area contributed by atoms with Crippen molar-refractivity contribution >= 4 is 40.4 Å². The van der Waals surface area contributed by atoms with Gasteiger partial charge in [0.2, 0.25) is 0 Å². The van der Waals surface area contributed by atoms with Crippen LogP contribution < -0.4 is 9.64 Å². The first-order valence-corrected chi connectivity index (χ1v) is 7.61. The van der Waals surface area contributed by atoms with E-state index >= 15 is 0 Å². The largest absolute Gasteiger partial charge is 0.479 e. The maximum atomic E-state index is 10.8. The molecular weight excluding hydrogens is 332 g/mol. The Bertz CT molecular complexity index is 876. The number of halogens is 1. The fourth-order valence-electron chi connectivity index (χ4n) is 2.15. The monoisotopic (exact) mass is 346 g/mol. The van der Waals surface area contributed by atoms with Crippen molar-refractivity contribution in [2.45, 2.75) is 13.0 Å². The van der Waals surface area contributed by atoms with Gasteiger partial charge >= 0.3 is 12.0 Å². The Labute approximate surface area is 143 Å². The molecule has 0 aliphatic rings. The molecule has 1 aromatic heterocycles. The molecule has 1 unspecified atom stereocenters. The third kappa shape index (κ3) is 3.28. The Morgan fingerprint density at radius 1 is 1.29 bits per heavy atom. The van der Waals surface area contributed by atoms with Crippen LogP contribution in [0.4, 0.5) is 11.7 Å². The first kappa shape index (κ1) is 16.1. The molecule has 6 nitrogen and oxygen atoms in total. The van der Waals surface area contributed by atoms with Crippen LogP contribution >= 0.6 is 11.6 Å². The SMILES string of the molecule is CC(Oc1ccc(N(C)c2nc3cc(Cl)ccc3o2)cc1)C(=O)O. The highest BCUT2D eigenvalue weighted by Gasteiger charge is 2.14. The lowest BCUT2D eigenvalue weighted by molar-refractivity contribution is -0.144. The van der Waals surface area contributed by atoms with Crippen LogP contribution in [0.5, 0.6) is 5.75 Å². The molecule has 0 amide bonds. The average molecular weight is 347 g/mol. The zero-order valence-corrected chi connectivity index (χ0v) is 13.8. The number of hydrogen-bond acceptors (Lipinski definition) is 5. The summed E-state index contributed by atoms with van der Waals surface area (Å²) < 4.78 is 11.0. The van der Waals surface area contributed by atoms with Crippen molar-refractivity contribution in [1.29, 1.82) is 0 Å². The molecular formula is C17H15ClN2O4. The van der Waals surface area contributed by atoms with Gasteiger partial charge in [0.1, 0.15) is 11.3 Å². The molecule has 124 valence electrons. The maximum Gasteiger partial charge on any atom is 0.344 e. The Kier molecular flexibility index (Phi) is 4.31. The van der Waals surface area contributed by atoms with Crippen molar-refractivity contribution in [1.82, 2.24) is 4.98 Å². The second kappa shape index (κ2) is 6.41. The number of carboxylic acids is 1. The summed E-state index contributed by atoms with van der Waals surface area (Å²) in [5, 5.41) is 9.46. The molecule has 1 heterocycles. The summed E-state index contributed by atoms with van der Waals surface area (Å²) in [6, 6.07) is 12.7. The maximum absolute atomic E-state index is 10.8. The molecule has 3 rings (SSSR count). The van der Waals surface area contributed by atoms with Crippen molar-refractivity contribution in [3.05, 3.63) is 47.5 Å². The number of aromatic nitrogens is 1. The van der Waals surface area contributed by atoms with E-state index in [9.17, 15) is 4.79 Å². The molecule has 3 aromatic rings. The molecule has 0 saturated heterocycles. The number of hydrogen-bond donors (Lipinski definition) is 1. The molecule has 0 spiro atoms. The fourth-order valence-corrected chi connectivity index (χ4v) is 2.31. The van der Waals surface area contributed by atoms with Gasteiger partial charge in [-0.05, 0) is 49.4 Å². The van der Waals surface area contributed by atoms with E-state index in [0.717, 1.165) is 5.69 Å². The van der Waals surface area contributed by atoms with Crippen LogP contribution in [0.25, 0.3) is 11.1 Å². The number of ether oxygens (including phenoxy) is 1. The molecule has 1 atom stereocenters. The van der Waals surface area contributed by atoms with Crippen molar-refractivity contribution in [2.24, 2.45) is 0 Å². The van der Waals surface area contributed by atoms with E-state index in [1.807, 2.05) is 7.05 Å². The number of oxazole rings is 1. The third-order valence-electron chi connectivity index (χ3n) is 3.51. The zero-order valence-electron chi connectivity index (χ0n) is 13.1. The number of anilines is 2. The van der Waals surface area contributed by atoms with E-state index in [4.69, 9.17) is 25.9 Å².